The lowest BCUT2D eigenvalue weighted by Gasteiger charge is -2.31. The Morgan fingerprint density at radius 1 is 1.42 bits per heavy atom. The van der Waals surface area contributed by atoms with E-state index in [4.69, 9.17) is 5.73 Å². The zero-order chi connectivity index (χ0) is 14.8. The number of rotatable bonds is 4. The third-order valence-electron chi connectivity index (χ3n) is 3.82. The van der Waals surface area contributed by atoms with Crippen LogP contribution in [0.15, 0.2) is 0 Å². The molecule has 1 rings (SSSR count). The summed E-state index contributed by atoms with van der Waals surface area (Å²) in [4.78, 5) is 14.0. The van der Waals surface area contributed by atoms with Crippen molar-refractivity contribution >= 4 is 15.7 Å². The maximum absolute atomic E-state index is 12.3. The number of nitrogens with zero attached hydrogens (tertiary/aromatic N) is 1. The molecule has 0 bridgehead atoms. The summed E-state index contributed by atoms with van der Waals surface area (Å²) in [6.07, 6.45) is 0.820. The van der Waals surface area contributed by atoms with Gasteiger partial charge in [-0.15, -0.1) is 0 Å². The molecule has 2 N–H and O–H groups in total. The Morgan fingerprint density at radius 3 is 2.37 bits per heavy atom. The van der Waals surface area contributed by atoms with E-state index < -0.39 is 9.84 Å². The summed E-state index contributed by atoms with van der Waals surface area (Å²) in [5.41, 5.74) is 5.90. The minimum absolute atomic E-state index is 0.0352. The third kappa shape index (κ3) is 4.45. The Labute approximate surface area is 116 Å². The van der Waals surface area contributed by atoms with Gasteiger partial charge in [-0.2, -0.15) is 0 Å². The smallest absolute Gasteiger partial charge is 0.224 e. The molecule has 0 aromatic heterocycles. The van der Waals surface area contributed by atoms with Crippen LogP contribution in [0.4, 0.5) is 0 Å². The number of hydrogen-bond acceptors (Lipinski definition) is 4. The number of carbonyl (C=O) groups is 1. The van der Waals surface area contributed by atoms with Crippen LogP contribution in [0.3, 0.4) is 0 Å². The first kappa shape index (κ1) is 16.4. The molecule has 5 nitrogen and oxygen atoms in total. The highest BCUT2D eigenvalue weighted by molar-refractivity contribution is 7.91. The second-order valence-corrected chi connectivity index (χ2v) is 8.64. The quantitative estimate of drug-likeness (QED) is 0.830. The first-order valence-corrected chi connectivity index (χ1v) is 8.64. The van der Waals surface area contributed by atoms with Crippen molar-refractivity contribution in [2.24, 2.45) is 11.1 Å². The molecule has 0 saturated carbocycles. The number of sulfone groups is 1. The molecule has 1 fully saturated rings. The molecule has 0 spiro atoms. The van der Waals surface area contributed by atoms with E-state index in [9.17, 15) is 13.2 Å². The predicted octanol–water partition coefficient (Wildman–Crippen LogP) is 0.786. The summed E-state index contributed by atoms with van der Waals surface area (Å²) >= 11 is 0. The minimum Gasteiger partial charge on any atom is -0.339 e. The zero-order valence-electron chi connectivity index (χ0n) is 12.3. The van der Waals surface area contributed by atoms with Crippen LogP contribution in [0.25, 0.3) is 0 Å². The second kappa shape index (κ2) is 5.79. The zero-order valence-corrected chi connectivity index (χ0v) is 13.2. The predicted molar refractivity (Wildman–Crippen MR) is 76.5 cm³/mol. The van der Waals surface area contributed by atoms with Gasteiger partial charge in [0.05, 0.1) is 11.5 Å². The standard InChI is InChI=1S/C13H26N2O3S/c1-5-15(10-6-7-19(17,18)9-10)12(16)8-11(14)13(2,3)4/h10-11H,5-9,14H2,1-4H3. The van der Waals surface area contributed by atoms with E-state index >= 15 is 0 Å². The van der Waals surface area contributed by atoms with Gasteiger partial charge in [0.2, 0.25) is 5.91 Å². The average molecular weight is 290 g/mol. The molecule has 0 radical (unpaired) electrons. The van der Waals surface area contributed by atoms with E-state index in [0.717, 1.165) is 0 Å². The summed E-state index contributed by atoms with van der Waals surface area (Å²) in [7, 11) is -2.97. The van der Waals surface area contributed by atoms with Gasteiger partial charge in [0.15, 0.2) is 9.84 Å². The fraction of sp³-hybridized carbons (Fsp3) is 0.923. The largest absolute Gasteiger partial charge is 0.339 e. The molecule has 1 aliphatic heterocycles. The average Bonchev–Trinajstić information content (AvgIpc) is 2.58. The summed E-state index contributed by atoms with van der Waals surface area (Å²) in [6, 6.07) is -0.387. The van der Waals surface area contributed by atoms with Crippen molar-refractivity contribution in [2.75, 3.05) is 18.1 Å². The van der Waals surface area contributed by atoms with Crippen LogP contribution < -0.4 is 5.73 Å². The molecule has 0 aromatic carbocycles. The molecular weight excluding hydrogens is 264 g/mol. The second-order valence-electron chi connectivity index (χ2n) is 6.41. The van der Waals surface area contributed by atoms with Crippen molar-refractivity contribution in [3.63, 3.8) is 0 Å². The lowest BCUT2D eigenvalue weighted by molar-refractivity contribution is -0.133. The minimum atomic E-state index is -2.97. The highest BCUT2D eigenvalue weighted by Crippen LogP contribution is 2.23. The third-order valence-corrected chi connectivity index (χ3v) is 5.57. The van der Waals surface area contributed by atoms with Crippen molar-refractivity contribution in [2.45, 2.75) is 52.6 Å². The topological polar surface area (TPSA) is 80.5 Å². The van der Waals surface area contributed by atoms with Crippen LogP contribution in [-0.2, 0) is 14.6 Å². The van der Waals surface area contributed by atoms with Gasteiger partial charge in [0.25, 0.3) is 0 Å². The van der Waals surface area contributed by atoms with Gasteiger partial charge >= 0.3 is 0 Å². The number of hydrogen-bond donors (Lipinski definition) is 1. The Balaban J connectivity index is 2.68. The van der Waals surface area contributed by atoms with Crippen LogP contribution in [0.5, 0.6) is 0 Å². The molecule has 0 aromatic rings. The van der Waals surface area contributed by atoms with Crippen LogP contribution in [0.2, 0.25) is 0 Å². The Hall–Kier alpha value is -0.620. The first-order valence-electron chi connectivity index (χ1n) is 6.82. The van der Waals surface area contributed by atoms with E-state index in [1.165, 1.54) is 0 Å². The maximum Gasteiger partial charge on any atom is 0.224 e. The molecule has 19 heavy (non-hydrogen) atoms. The maximum atomic E-state index is 12.3. The van der Waals surface area contributed by atoms with E-state index in [1.54, 1.807) is 4.90 Å². The molecule has 1 saturated heterocycles. The van der Waals surface area contributed by atoms with Crippen LogP contribution in [0, 0.1) is 5.41 Å². The van der Waals surface area contributed by atoms with Crippen LogP contribution >= 0.6 is 0 Å². The van der Waals surface area contributed by atoms with Gasteiger partial charge in [-0.05, 0) is 18.8 Å². The van der Waals surface area contributed by atoms with Gasteiger partial charge in [-0.3, -0.25) is 4.79 Å². The van der Waals surface area contributed by atoms with Crippen LogP contribution in [0.1, 0.15) is 40.5 Å². The fourth-order valence-corrected chi connectivity index (χ4v) is 4.00. The Bertz CT molecular complexity index is 426. The van der Waals surface area contributed by atoms with Gasteiger partial charge in [-0.25, -0.2) is 8.42 Å². The molecule has 1 heterocycles. The van der Waals surface area contributed by atoms with Crippen LogP contribution in [-0.4, -0.2) is 49.4 Å². The van der Waals surface area contributed by atoms with Crippen molar-refractivity contribution < 1.29 is 13.2 Å². The molecule has 6 heteroatoms. The van der Waals surface area contributed by atoms with Crippen molar-refractivity contribution in [3.8, 4) is 0 Å². The highest BCUT2D eigenvalue weighted by Gasteiger charge is 2.35. The summed E-state index contributed by atoms with van der Waals surface area (Å²) in [5.74, 6) is 0.247. The Kier molecular flexibility index (Phi) is 5.01. The van der Waals surface area contributed by atoms with E-state index in [0.29, 0.717) is 13.0 Å². The van der Waals surface area contributed by atoms with Gasteiger partial charge < -0.3 is 10.6 Å². The van der Waals surface area contributed by atoms with E-state index in [-0.39, 0.29) is 41.3 Å². The van der Waals surface area contributed by atoms with E-state index in [2.05, 4.69) is 0 Å². The molecule has 2 atom stereocenters. The summed E-state index contributed by atoms with van der Waals surface area (Å²) in [6.45, 7) is 8.42. The van der Waals surface area contributed by atoms with Gasteiger partial charge in [0.1, 0.15) is 0 Å². The molecule has 2 unspecified atom stereocenters. The van der Waals surface area contributed by atoms with Gasteiger partial charge in [-0.1, -0.05) is 20.8 Å². The monoisotopic (exact) mass is 290 g/mol. The molecule has 0 aliphatic carbocycles. The number of carbonyl (C=O) groups excluding carboxylic acids is 1. The lowest BCUT2D eigenvalue weighted by atomic mass is 9.85. The molecular formula is C13H26N2O3S. The normalized spacial score (nSPS) is 24.2. The molecule has 1 amide bonds. The number of nitrogens with two attached hydrogens (primary N) is 1. The SMILES string of the molecule is CCN(C(=O)CC(N)C(C)(C)C)C1CCS(=O)(=O)C1. The fourth-order valence-electron chi connectivity index (χ4n) is 2.27. The molecule has 112 valence electrons. The number of amides is 1. The van der Waals surface area contributed by atoms with Crippen molar-refractivity contribution in [1.29, 1.82) is 0 Å². The van der Waals surface area contributed by atoms with Crippen molar-refractivity contribution in [3.05, 3.63) is 0 Å². The van der Waals surface area contributed by atoms with Gasteiger partial charge in [0, 0.05) is 25.0 Å². The first-order chi connectivity index (χ1) is 8.57. The lowest BCUT2D eigenvalue weighted by Crippen LogP contribution is -2.46. The highest BCUT2D eigenvalue weighted by atomic mass is 32.2. The van der Waals surface area contributed by atoms with E-state index in [1.807, 2.05) is 27.7 Å². The van der Waals surface area contributed by atoms with Crippen molar-refractivity contribution in [1.82, 2.24) is 4.90 Å². The summed E-state index contributed by atoms with van der Waals surface area (Å²) < 4.78 is 23.0. The molecule has 1 aliphatic rings. The summed E-state index contributed by atoms with van der Waals surface area (Å²) in [5, 5.41) is 0. The Morgan fingerprint density at radius 2 is 2.00 bits per heavy atom.